The molecule has 0 bridgehead atoms. The van der Waals surface area contributed by atoms with E-state index < -0.39 is 10.0 Å². The molecule has 150 valence electrons. The highest BCUT2D eigenvalue weighted by Gasteiger charge is 2.32. The summed E-state index contributed by atoms with van der Waals surface area (Å²) >= 11 is 3.42. The van der Waals surface area contributed by atoms with E-state index in [4.69, 9.17) is 0 Å². The van der Waals surface area contributed by atoms with Gasteiger partial charge in [-0.25, -0.2) is 12.7 Å². The number of carbonyl (C=O) groups is 1. The van der Waals surface area contributed by atoms with Crippen molar-refractivity contribution in [2.45, 2.75) is 25.7 Å². The van der Waals surface area contributed by atoms with Gasteiger partial charge in [0.1, 0.15) is 0 Å². The highest BCUT2D eigenvalue weighted by Crippen LogP contribution is 2.25. The van der Waals surface area contributed by atoms with Gasteiger partial charge in [0.2, 0.25) is 15.9 Å². The van der Waals surface area contributed by atoms with Gasteiger partial charge in [0.05, 0.1) is 17.4 Å². The van der Waals surface area contributed by atoms with E-state index in [1.165, 1.54) is 4.31 Å². The number of nitrogens with one attached hydrogen (secondary N) is 1. The number of benzene rings is 2. The van der Waals surface area contributed by atoms with Crippen LogP contribution in [0.4, 0.5) is 5.69 Å². The van der Waals surface area contributed by atoms with E-state index in [2.05, 4.69) is 21.2 Å². The molecule has 0 saturated carbocycles. The summed E-state index contributed by atoms with van der Waals surface area (Å²) in [5.74, 6) is -0.346. The van der Waals surface area contributed by atoms with Crippen molar-refractivity contribution in [3.63, 3.8) is 0 Å². The van der Waals surface area contributed by atoms with Crippen LogP contribution in [0.1, 0.15) is 24.8 Å². The van der Waals surface area contributed by atoms with Crippen molar-refractivity contribution in [2.75, 3.05) is 24.2 Å². The number of carbonyl (C=O) groups excluding carboxylic acids is 1. The number of hydrogen-bond donors (Lipinski definition) is 1. The normalized spacial score (nSPS) is 18.0. The highest BCUT2D eigenvalue weighted by atomic mass is 79.9. The lowest BCUT2D eigenvalue weighted by Crippen LogP contribution is -2.44. The molecular weight excluding hydrogens is 440 g/mol. The number of aryl methyl sites for hydroxylation is 1. The highest BCUT2D eigenvalue weighted by molar-refractivity contribution is 9.10. The van der Waals surface area contributed by atoms with Crippen LogP contribution in [-0.2, 0) is 21.2 Å². The van der Waals surface area contributed by atoms with Crippen molar-refractivity contribution in [3.05, 3.63) is 64.6 Å². The van der Waals surface area contributed by atoms with Gasteiger partial charge in [-0.15, -0.1) is 0 Å². The number of hydrogen-bond acceptors (Lipinski definition) is 3. The maximum atomic E-state index is 12.7. The fraction of sp³-hybridized carbons (Fsp3) is 0.381. The molecule has 0 spiro atoms. The first-order chi connectivity index (χ1) is 13.5. The molecule has 2 aromatic carbocycles. The van der Waals surface area contributed by atoms with Crippen molar-refractivity contribution in [1.82, 2.24) is 4.31 Å². The first-order valence-corrected chi connectivity index (χ1v) is 11.9. The Morgan fingerprint density at radius 1 is 1.11 bits per heavy atom. The zero-order valence-electron chi connectivity index (χ0n) is 15.7. The molecule has 1 atom stereocenters. The molecule has 0 aliphatic carbocycles. The lowest BCUT2D eigenvalue weighted by Gasteiger charge is -2.31. The largest absolute Gasteiger partial charge is 0.325 e. The molecule has 1 N–H and O–H groups in total. The molecule has 1 aliphatic heterocycles. The molecule has 0 aromatic heterocycles. The molecule has 5 nitrogen and oxygen atoms in total. The van der Waals surface area contributed by atoms with E-state index in [9.17, 15) is 13.2 Å². The summed E-state index contributed by atoms with van der Waals surface area (Å²) in [4.78, 5) is 12.6. The molecule has 2 aromatic rings. The van der Waals surface area contributed by atoms with E-state index in [-0.39, 0.29) is 24.1 Å². The second-order valence-electron chi connectivity index (χ2n) is 7.07. The molecular formula is C21H25BrN2O3S. The average Bonchev–Trinajstić information content (AvgIpc) is 2.70. The Bertz CT molecular complexity index is 903. The predicted molar refractivity (Wildman–Crippen MR) is 116 cm³/mol. The van der Waals surface area contributed by atoms with Crippen LogP contribution in [0.5, 0.6) is 0 Å². The van der Waals surface area contributed by atoms with Gasteiger partial charge in [0.15, 0.2) is 0 Å². The van der Waals surface area contributed by atoms with Crippen LogP contribution in [-0.4, -0.2) is 37.5 Å². The third-order valence-electron chi connectivity index (χ3n) is 4.99. The lowest BCUT2D eigenvalue weighted by molar-refractivity contribution is -0.120. The second kappa shape index (κ2) is 9.67. The van der Waals surface area contributed by atoms with Crippen LogP contribution in [0.15, 0.2) is 59.1 Å². The van der Waals surface area contributed by atoms with E-state index in [0.29, 0.717) is 31.5 Å². The quantitative estimate of drug-likeness (QED) is 0.671. The van der Waals surface area contributed by atoms with Crippen molar-refractivity contribution in [2.24, 2.45) is 5.92 Å². The molecule has 1 amide bonds. The standard InChI is InChI=1S/C21H25BrN2O3S/c22-19-12-4-5-13-20(19)23-21(25)18-11-6-14-24(16-18)28(26,27)15-7-10-17-8-2-1-3-9-17/h1-5,8-9,12-13,18H,6-7,10-11,14-16H2,(H,23,25). The topological polar surface area (TPSA) is 66.5 Å². The van der Waals surface area contributed by atoms with Crippen molar-refractivity contribution < 1.29 is 13.2 Å². The number of rotatable bonds is 7. The van der Waals surface area contributed by atoms with E-state index in [1.54, 1.807) is 0 Å². The Morgan fingerprint density at radius 2 is 1.82 bits per heavy atom. The molecule has 1 fully saturated rings. The third-order valence-corrected chi connectivity index (χ3v) is 7.61. The lowest BCUT2D eigenvalue weighted by atomic mass is 9.99. The summed E-state index contributed by atoms with van der Waals surface area (Å²) in [6, 6.07) is 17.3. The molecule has 1 saturated heterocycles. The van der Waals surface area contributed by atoms with E-state index in [0.717, 1.165) is 16.5 Å². The molecule has 1 aliphatic rings. The Kier molecular flexibility index (Phi) is 7.26. The van der Waals surface area contributed by atoms with Crippen LogP contribution < -0.4 is 5.32 Å². The number of halogens is 1. The summed E-state index contributed by atoms with van der Waals surface area (Å²) in [6.07, 6.45) is 2.72. The fourth-order valence-corrected chi connectivity index (χ4v) is 5.40. The smallest absolute Gasteiger partial charge is 0.228 e. The van der Waals surface area contributed by atoms with Crippen LogP contribution in [0.25, 0.3) is 0 Å². The fourth-order valence-electron chi connectivity index (χ4n) is 3.44. The molecule has 3 rings (SSSR count). The Labute approximate surface area is 175 Å². The Balaban J connectivity index is 1.55. The Hall–Kier alpha value is -1.70. The van der Waals surface area contributed by atoms with Gasteiger partial charge in [-0.05, 0) is 59.3 Å². The molecule has 0 radical (unpaired) electrons. The van der Waals surface area contributed by atoms with Gasteiger partial charge in [0, 0.05) is 17.6 Å². The number of nitrogens with zero attached hydrogens (tertiary/aromatic N) is 1. The van der Waals surface area contributed by atoms with Gasteiger partial charge in [-0.2, -0.15) is 0 Å². The van der Waals surface area contributed by atoms with Crippen molar-refractivity contribution in [1.29, 1.82) is 0 Å². The first kappa shape index (κ1) is 21.0. The second-order valence-corrected chi connectivity index (χ2v) is 10.0. The zero-order chi connectivity index (χ0) is 20.0. The van der Waals surface area contributed by atoms with Gasteiger partial charge in [-0.1, -0.05) is 42.5 Å². The minimum Gasteiger partial charge on any atom is -0.325 e. The minimum absolute atomic E-state index is 0.112. The van der Waals surface area contributed by atoms with E-state index in [1.807, 2.05) is 54.6 Å². The minimum atomic E-state index is -3.36. The van der Waals surface area contributed by atoms with Crippen LogP contribution in [0, 0.1) is 5.92 Å². The zero-order valence-corrected chi connectivity index (χ0v) is 18.1. The maximum Gasteiger partial charge on any atom is 0.228 e. The predicted octanol–water partition coefficient (Wildman–Crippen LogP) is 4.06. The van der Waals surface area contributed by atoms with Crippen LogP contribution >= 0.6 is 15.9 Å². The number of para-hydroxylation sites is 1. The molecule has 1 unspecified atom stereocenters. The van der Waals surface area contributed by atoms with Crippen LogP contribution in [0.2, 0.25) is 0 Å². The number of anilines is 1. The molecule has 7 heteroatoms. The first-order valence-electron chi connectivity index (χ1n) is 9.53. The van der Waals surface area contributed by atoms with Gasteiger partial charge < -0.3 is 5.32 Å². The third kappa shape index (κ3) is 5.65. The van der Waals surface area contributed by atoms with E-state index >= 15 is 0 Å². The summed E-state index contributed by atoms with van der Waals surface area (Å²) in [5.41, 5.74) is 1.84. The summed E-state index contributed by atoms with van der Waals surface area (Å²) in [6.45, 7) is 0.746. The van der Waals surface area contributed by atoms with Gasteiger partial charge in [-0.3, -0.25) is 4.79 Å². The van der Waals surface area contributed by atoms with Crippen molar-refractivity contribution >= 4 is 37.5 Å². The van der Waals surface area contributed by atoms with Crippen LogP contribution in [0.3, 0.4) is 0 Å². The summed E-state index contributed by atoms with van der Waals surface area (Å²) in [5, 5.41) is 2.91. The monoisotopic (exact) mass is 464 g/mol. The van der Waals surface area contributed by atoms with Gasteiger partial charge >= 0.3 is 0 Å². The number of sulfonamides is 1. The Morgan fingerprint density at radius 3 is 2.57 bits per heavy atom. The van der Waals surface area contributed by atoms with Gasteiger partial charge in [0.25, 0.3) is 0 Å². The van der Waals surface area contributed by atoms with Crippen molar-refractivity contribution in [3.8, 4) is 0 Å². The summed E-state index contributed by atoms with van der Waals surface area (Å²) in [7, 11) is -3.36. The number of piperidine rings is 1. The number of amides is 1. The SMILES string of the molecule is O=C(Nc1ccccc1Br)C1CCCN(S(=O)(=O)CCCc2ccccc2)C1. The average molecular weight is 465 g/mol. The maximum absolute atomic E-state index is 12.7. The summed E-state index contributed by atoms with van der Waals surface area (Å²) < 4.78 is 27.8. The molecule has 28 heavy (non-hydrogen) atoms. The molecule has 1 heterocycles.